The molecule has 4 rings (SSSR count). The van der Waals surface area contributed by atoms with E-state index in [2.05, 4.69) is 15.0 Å². The second kappa shape index (κ2) is 10.0. The Morgan fingerprint density at radius 1 is 1.07 bits per heavy atom. The molecule has 1 aliphatic carbocycles. The number of aromatic amines is 1. The van der Waals surface area contributed by atoms with Gasteiger partial charge in [0.15, 0.2) is 5.82 Å². The zero-order chi connectivity index (χ0) is 19.9. The monoisotopic (exact) mass is 411 g/mol. The number of thiazole rings is 1. The van der Waals surface area contributed by atoms with E-state index in [1.165, 1.54) is 62.7 Å². The van der Waals surface area contributed by atoms with Crippen LogP contribution in [-0.2, 0) is 4.74 Å². The summed E-state index contributed by atoms with van der Waals surface area (Å²) in [4.78, 5) is 25.0. The highest BCUT2D eigenvalue weighted by Crippen LogP contribution is 2.25. The van der Waals surface area contributed by atoms with Crippen molar-refractivity contribution in [2.75, 3.05) is 6.61 Å². The van der Waals surface area contributed by atoms with E-state index in [0.29, 0.717) is 29.4 Å². The molecular weight excluding hydrogens is 382 g/mol. The Labute approximate surface area is 175 Å². The molecule has 3 aromatic rings. The number of carbonyl (C=O) groups is 1. The van der Waals surface area contributed by atoms with Gasteiger partial charge in [-0.15, -0.1) is 11.3 Å². The summed E-state index contributed by atoms with van der Waals surface area (Å²) in [7, 11) is 0. The molecule has 1 N–H and O–H groups in total. The minimum Gasteiger partial charge on any atom is -0.462 e. The summed E-state index contributed by atoms with van der Waals surface area (Å²) in [5.74, 6) is 0.882. The van der Waals surface area contributed by atoms with Crippen molar-refractivity contribution in [1.29, 1.82) is 0 Å². The number of ether oxygens (including phenoxy) is 1. The maximum atomic E-state index is 12.8. The Balaban J connectivity index is 1.42. The first-order valence-corrected chi connectivity index (χ1v) is 11.8. The van der Waals surface area contributed by atoms with Crippen molar-refractivity contribution in [3.05, 3.63) is 34.7 Å². The van der Waals surface area contributed by atoms with Crippen molar-refractivity contribution in [1.82, 2.24) is 15.0 Å². The fourth-order valence-corrected chi connectivity index (χ4v) is 4.69. The maximum Gasteiger partial charge on any atom is 0.340 e. The van der Waals surface area contributed by atoms with Gasteiger partial charge in [0.25, 0.3) is 0 Å². The van der Waals surface area contributed by atoms with Crippen LogP contribution in [0, 0.1) is 5.92 Å². The number of nitrogens with zero attached hydrogens (tertiary/aromatic N) is 2. The number of fused-ring (bicyclic) bond motifs is 1. The molecule has 1 aromatic carbocycles. The van der Waals surface area contributed by atoms with Gasteiger partial charge < -0.3 is 9.72 Å². The molecule has 0 aliphatic heterocycles. The molecule has 1 fully saturated rings. The second-order valence-electron chi connectivity index (χ2n) is 8.03. The number of carbonyl (C=O) groups excluding carboxylic acids is 1. The van der Waals surface area contributed by atoms with E-state index < -0.39 is 0 Å². The van der Waals surface area contributed by atoms with Crippen LogP contribution in [-0.4, -0.2) is 27.5 Å². The zero-order valence-corrected chi connectivity index (χ0v) is 17.7. The fraction of sp³-hybridized carbons (Fsp3) is 0.522. The number of hydrogen-bond acceptors (Lipinski definition) is 5. The van der Waals surface area contributed by atoms with Gasteiger partial charge >= 0.3 is 5.97 Å². The average Bonchev–Trinajstić information content (AvgIpc) is 3.40. The molecule has 29 heavy (non-hydrogen) atoms. The SMILES string of the molecule is O=C(OCC1CCCCCCCCCC1)c1cccc2[nH]c(-c3cscn3)nc12. The number of nitrogens with one attached hydrogen (secondary N) is 1. The number of imidazole rings is 1. The molecule has 0 radical (unpaired) electrons. The highest BCUT2D eigenvalue weighted by molar-refractivity contribution is 7.07. The molecule has 0 atom stereocenters. The van der Waals surface area contributed by atoms with E-state index in [1.54, 1.807) is 11.6 Å². The summed E-state index contributed by atoms with van der Waals surface area (Å²) in [6.07, 6.45) is 12.8. The van der Waals surface area contributed by atoms with Crippen molar-refractivity contribution in [2.45, 2.75) is 64.2 Å². The number of para-hydroxylation sites is 1. The number of benzene rings is 1. The van der Waals surface area contributed by atoms with Crippen molar-refractivity contribution < 1.29 is 9.53 Å². The van der Waals surface area contributed by atoms with Crippen LogP contribution in [0.5, 0.6) is 0 Å². The van der Waals surface area contributed by atoms with Gasteiger partial charge in [0.05, 0.1) is 23.2 Å². The summed E-state index contributed by atoms with van der Waals surface area (Å²) < 4.78 is 5.77. The van der Waals surface area contributed by atoms with Crippen LogP contribution in [0.4, 0.5) is 0 Å². The quantitative estimate of drug-likeness (QED) is 0.506. The molecule has 0 saturated heterocycles. The van der Waals surface area contributed by atoms with E-state index in [9.17, 15) is 4.79 Å². The van der Waals surface area contributed by atoms with E-state index in [1.807, 2.05) is 17.5 Å². The van der Waals surface area contributed by atoms with Crippen LogP contribution >= 0.6 is 11.3 Å². The van der Waals surface area contributed by atoms with Crippen molar-refractivity contribution in [3.63, 3.8) is 0 Å². The largest absolute Gasteiger partial charge is 0.462 e. The van der Waals surface area contributed by atoms with Gasteiger partial charge in [-0.25, -0.2) is 14.8 Å². The molecule has 2 aromatic heterocycles. The zero-order valence-electron chi connectivity index (χ0n) is 16.9. The first-order chi connectivity index (χ1) is 14.3. The standard InChI is InChI=1S/C23H29N3O2S/c27-23(28-14-17-10-7-5-3-1-2-4-6-8-11-17)18-12-9-13-19-21(18)26-22(25-19)20-15-29-16-24-20/h9,12-13,15-17H,1-8,10-11,14H2,(H,25,26). The number of aromatic nitrogens is 3. The summed E-state index contributed by atoms with van der Waals surface area (Å²) in [5, 5.41) is 1.94. The topological polar surface area (TPSA) is 67.9 Å². The predicted molar refractivity (Wildman–Crippen MR) is 117 cm³/mol. The van der Waals surface area contributed by atoms with Gasteiger partial charge in [0, 0.05) is 5.38 Å². The highest BCUT2D eigenvalue weighted by Gasteiger charge is 2.18. The third-order valence-corrected chi connectivity index (χ3v) is 6.42. The van der Waals surface area contributed by atoms with Crippen molar-refractivity contribution >= 4 is 28.3 Å². The molecule has 1 saturated carbocycles. The minimum absolute atomic E-state index is 0.277. The molecule has 5 nitrogen and oxygen atoms in total. The Hall–Kier alpha value is -2.21. The van der Waals surface area contributed by atoms with E-state index in [-0.39, 0.29) is 5.97 Å². The lowest BCUT2D eigenvalue weighted by molar-refractivity contribution is 0.0424. The summed E-state index contributed by atoms with van der Waals surface area (Å²) >= 11 is 1.52. The Morgan fingerprint density at radius 3 is 2.48 bits per heavy atom. The summed E-state index contributed by atoms with van der Waals surface area (Å²) in [5.41, 5.74) is 4.58. The summed E-state index contributed by atoms with van der Waals surface area (Å²) in [6, 6.07) is 5.60. The molecule has 6 heteroatoms. The molecule has 154 valence electrons. The summed E-state index contributed by atoms with van der Waals surface area (Å²) in [6.45, 7) is 0.512. The number of H-pyrrole nitrogens is 1. The van der Waals surface area contributed by atoms with E-state index >= 15 is 0 Å². The first kappa shape index (κ1) is 20.1. The van der Waals surface area contributed by atoms with Crippen LogP contribution < -0.4 is 0 Å². The number of esters is 1. The van der Waals surface area contributed by atoms with E-state index in [4.69, 9.17) is 4.74 Å². The van der Waals surface area contributed by atoms with Gasteiger partial charge in [-0.3, -0.25) is 0 Å². The Kier molecular flexibility index (Phi) is 6.93. The van der Waals surface area contributed by atoms with Gasteiger partial charge in [-0.05, 0) is 30.9 Å². The first-order valence-electron chi connectivity index (χ1n) is 10.9. The molecule has 1 aliphatic rings. The average molecular weight is 412 g/mol. The third kappa shape index (κ3) is 5.24. The van der Waals surface area contributed by atoms with Crippen LogP contribution in [0.25, 0.3) is 22.6 Å². The molecule has 2 heterocycles. The molecule has 0 unspecified atom stereocenters. The predicted octanol–water partition coefficient (Wildman–Crippen LogP) is 6.37. The van der Waals surface area contributed by atoms with Crippen LogP contribution in [0.3, 0.4) is 0 Å². The highest BCUT2D eigenvalue weighted by atomic mass is 32.1. The lowest BCUT2D eigenvalue weighted by Crippen LogP contribution is -2.15. The van der Waals surface area contributed by atoms with Crippen LogP contribution in [0.15, 0.2) is 29.1 Å². The molecule has 0 amide bonds. The van der Waals surface area contributed by atoms with Gasteiger partial charge in [0.1, 0.15) is 11.2 Å². The van der Waals surface area contributed by atoms with Crippen molar-refractivity contribution in [3.8, 4) is 11.5 Å². The van der Waals surface area contributed by atoms with Crippen molar-refractivity contribution in [2.24, 2.45) is 5.92 Å². The van der Waals surface area contributed by atoms with Gasteiger partial charge in [-0.1, -0.05) is 57.4 Å². The van der Waals surface area contributed by atoms with Crippen LogP contribution in [0.1, 0.15) is 74.6 Å². The number of rotatable bonds is 4. The Bertz CT molecular complexity index is 908. The third-order valence-electron chi connectivity index (χ3n) is 5.83. The maximum absolute atomic E-state index is 12.8. The minimum atomic E-state index is -0.277. The van der Waals surface area contributed by atoms with Crippen LogP contribution in [0.2, 0.25) is 0 Å². The molecule has 0 bridgehead atoms. The molecule has 0 spiro atoms. The molecular formula is C23H29N3O2S. The smallest absolute Gasteiger partial charge is 0.340 e. The second-order valence-corrected chi connectivity index (χ2v) is 8.75. The van der Waals surface area contributed by atoms with Gasteiger partial charge in [-0.2, -0.15) is 0 Å². The normalized spacial score (nSPS) is 17.1. The lowest BCUT2D eigenvalue weighted by atomic mass is 9.96. The van der Waals surface area contributed by atoms with Gasteiger partial charge in [0.2, 0.25) is 0 Å². The van der Waals surface area contributed by atoms with E-state index in [0.717, 1.165) is 24.1 Å². The number of hydrogen-bond donors (Lipinski definition) is 1. The fourth-order valence-electron chi connectivity index (χ4n) is 4.16. The Morgan fingerprint density at radius 2 is 1.79 bits per heavy atom. The lowest BCUT2D eigenvalue weighted by Gasteiger charge is -2.16.